The summed E-state index contributed by atoms with van der Waals surface area (Å²) in [5, 5.41) is 9.76. The Kier molecular flexibility index (Phi) is 4.85. The maximum Gasteiger partial charge on any atom is 0.335 e. The van der Waals surface area contributed by atoms with E-state index in [4.69, 9.17) is 23.9 Å². The van der Waals surface area contributed by atoms with Crippen molar-refractivity contribution in [3.63, 3.8) is 0 Å². The van der Waals surface area contributed by atoms with Crippen molar-refractivity contribution < 1.29 is 14.7 Å². The molecule has 0 bridgehead atoms. The second-order valence-electron chi connectivity index (χ2n) is 4.92. The van der Waals surface area contributed by atoms with Gasteiger partial charge in [-0.2, -0.15) is 0 Å². The number of para-hydroxylation sites is 1. The zero-order valence-corrected chi connectivity index (χ0v) is 15.4. The van der Waals surface area contributed by atoms with Gasteiger partial charge in [0.25, 0.3) is 11.6 Å². The number of rotatable bonds is 3. The molecule has 0 atom stereocenters. The van der Waals surface area contributed by atoms with Crippen LogP contribution in [0, 0.1) is 6.57 Å². The van der Waals surface area contributed by atoms with Crippen LogP contribution in [0.2, 0.25) is 0 Å². The molecule has 2 aliphatic rings. The summed E-state index contributed by atoms with van der Waals surface area (Å²) in [6.07, 6.45) is 0.990. The molecule has 9 heteroatoms. The van der Waals surface area contributed by atoms with Crippen LogP contribution >= 0.6 is 35.7 Å². The Morgan fingerprint density at radius 3 is 2.76 bits per heavy atom. The van der Waals surface area contributed by atoms with Gasteiger partial charge in [0.15, 0.2) is 4.32 Å². The van der Waals surface area contributed by atoms with Gasteiger partial charge in [-0.3, -0.25) is 14.5 Å². The van der Waals surface area contributed by atoms with Gasteiger partial charge in [-0.15, -0.1) is 0 Å². The monoisotopic (exact) mass is 389 g/mol. The molecule has 0 saturated carbocycles. The number of aliphatic carboxylic acids is 1. The molecule has 3 rings (SSSR count). The summed E-state index contributed by atoms with van der Waals surface area (Å²) >= 11 is 7.81. The van der Waals surface area contributed by atoms with Gasteiger partial charge in [-0.1, -0.05) is 47.9 Å². The molecule has 2 aliphatic heterocycles. The Labute approximate surface area is 158 Å². The van der Waals surface area contributed by atoms with Crippen LogP contribution in [0.4, 0.5) is 5.69 Å². The van der Waals surface area contributed by atoms with E-state index in [-0.39, 0.29) is 4.32 Å². The molecule has 0 aliphatic carbocycles. The molecular formula is C16H11N3O3S3. The molecule has 1 aromatic rings. The number of hydrogen-bond acceptors (Lipinski definition) is 6. The van der Waals surface area contributed by atoms with E-state index >= 15 is 0 Å². The molecular weight excluding hydrogens is 378 g/mol. The van der Waals surface area contributed by atoms with Crippen LogP contribution in [-0.4, -0.2) is 32.7 Å². The highest BCUT2D eigenvalue weighted by molar-refractivity contribution is 8.27. The Morgan fingerprint density at radius 1 is 1.40 bits per heavy atom. The van der Waals surface area contributed by atoms with Gasteiger partial charge in [-0.25, -0.2) is 4.85 Å². The summed E-state index contributed by atoms with van der Waals surface area (Å²) in [4.78, 5) is 31.3. The van der Waals surface area contributed by atoms with Crippen molar-refractivity contribution in [3.8, 4) is 0 Å². The van der Waals surface area contributed by atoms with Gasteiger partial charge in [0.2, 0.25) is 0 Å². The van der Waals surface area contributed by atoms with Crippen LogP contribution in [0.25, 0.3) is 4.85 Å². The summed E-state index contributed by atoms with van der Waals surface area (Å²) in [5.41, 5.74) is 0.468. The largest absolute Gasteiger partial charge is 0.486 e. The minimum absolute atomic E-state index is 0.211. The number of carbonyl (C=O) groups is 2. The highest BCUT2D eigenvalue weighted by Gasteiger charge is 2.38. The zero-order chi connectivity index (χ0) is 18.1. The topological polar surface area (TPSA) is 65.2 Å². The number of benzene rings is 1. The van der Waals surface area contributed by atoms with Crippen molar-refractivity contribution in [2.24, 2.45) is 0 Å². The van der Waals surface area contributed by atoms with Gasteiger partial charge < -0.3 is 10.0 Å². The van der Waals surface area contributed by atoms with Gasteiger partial charge >= 0.3 is 5.97 Å². The third-order valence-electron chi connectivity index (χ3n) is 3.51. The minimum atomic E-state index is -1.39. The van der Waals surface area contributed by atoms with E-state index in [1.54, 1.807) is 0 Å². The van der Waals surface area contributed by atoms with Crippen molar-refractivity contribution in [2.75, 3.05) is 11.4 Å². The van der Waals surface area contributed by atoms with E-state index in [1.807, 2.05) is 36.1 Å². The third kappa shape index (κ3) is 3.04. The number of thioether (sulfide) groups is 2. The summed E-state index contributed by atoms with van der Waals surface area (Å²) in [7, 11) is 0. The molecule has 0 unspecified atom stereocenters. The average Bonchev–Trinajstić information content (AvgIpc) is 3.10. The molecule has 126 valence electrons. The average molecular weight is 389 g/mol. The third-order valence-corrected chi connectivity index (χ3v) is 6.21. The fourth-order valence-electron chi connectivity index (χ4n) is 2.39. The quantitative estimate of drug-likeness (QED) is 0.482. The fraction of sp³-hybridized carbons (Fsp3) is 0.125. The molecule has 1 saturated heterocycles. The molecule has 1 amide bonds. The number of nitrogens with zero attached hydrogens (tertiary/aromatic N) is 3. The fourth-order valence-corrected chi connectivity index (χ4v) is 4.97. The first-order chi connectivity index (χ1) is 12.0. The van der Waals surface area contributed by atoms with Crippen molar-refractivity contribution in [3.05, 3.63) is 57.5 Å². The summed E-state index contributed by atoms with van der Waals surface area (Å²) in [6.45, 7) is 9.59. The summed E-state index contributed by atoms with van der Waals surface area (Å²) in [6, 6.07) is 7.85. The van der Waals surface area contributed by atoms with Crippen molar-refractivity contribution in [1.29, 1.82) is 0 Å². The standard InChI is InChI=1S/C16H11N3O3S3/c1-3-18-10-6-4-5-7-11(10)24-14(18)12-13(20)19(16(23)25-12)8-9(17-2)15(21)22/h4-8H,3H2,1H3,(H,21,22)/b9-8-,14-12+. The lowest BCUT2D eigenvalue weighted by molar-refractivity contribution is -0.132. The number of hydrogen-bond donors (Lipinski definition) is 1. The Hall–Kier alpha value is -2.28. The second-order valence-corrected chi connectivity index (χ2v) is 7.60. The molecule has 0 radical (unpaired) electrons. The minimum Gasteiger partial charge on any atom is -0.486 e. The maximum absolute atomic E-state index is 12.8. The van der Waals surface area contributed by atoms with Crippen LogP contribution in [0.15, 0.2) is 51.0 Å². The van der Waals surface area contributed by atoms with Gasteiger partial charge in [0.05, 0.1) is 12.3 Å². The Morgan fingerprint density at radius 2 is 2.12 bits per heavy atom. The molecule has 0 aromatic heterocycles. The molecule has 1 N–H and O–H groups in total. The predicted molar refractivity (Wildman–Crippen MR) is 102 cm³/mol. The Bertz CT molecular complexity index is 901. The number of carboxylic acids is 1. The van der Waals surface area contributed by atoms with E-state index in [9.17, 15) is 9.59 Å². The van der Waals surface area contributed by atoms with Crippen LogP contribution in [0.1, 0.15) is 6.92 Å². The van der Waals surface area contributed by atoms with Gasteiger partial charge in [0.1, 0.15) is 9.93 Å². The molecule has 0 spiro atoms. The molecule has 1 aromatic carbocycles. The van der Waals surface area contributed by atoms with Crippen molar-refractivity contribution >= 4 is 57.6 Å². The van der Waals surface area contributed by atoms with Crippen LogP contribution < -0.4 is 4.90 Å². The Balaban J connectivity index is 2.02. The molecule has 2 heterocycles. The SMILES string of the molecule is [C-]#[N+]/C(=C\N1C(=O)/C(=C2\Sc3ccccc3N2CC)SC1=S)C(=O)O. The lowest BCUT2D eigenvalue weighted by atomic mass is 10.3. The lowest BCUT2D eigenvalue weighted by Crippen LogP contribution is -2.25. The van der Waals surface area contributed by atoms with Crippen molar-refractivity contribution in [1.82, 2.24) is 4.90 Å². The number of thiocarbonyl (C=S) groups is 1. The van der Waals surface area contributed by atoms with Crippen LogP contribution in [0.5, 0.6) is 0 Å². The van der Waals surface area contributed by atoms with Gasteiger partial charge in [0, 0.05) is 17.6 Å². The first kappa shape index (κ1) is 17.5. The first-order valence-electron chi connectivity index (χ1n) is 7.14. The first-order valence-corrected chi connectivity index (χ1v) is 9.18. The molecule has 25 heavy (non-hydrogen) atoms. The lowest BCUT2D eigenvalue weighted by Gasteiger charge is -2.19. The van der Waals surface area contributed by atoms with Crippen molar-refractivity contribution in [2.45, 2.75) is 11.8 Å². The highest BCUT2D eigenvalue weighted by Crippen LogP contribution is 2.50. The normalized spacial score (nSPS) is 20.1. The molecule has 1 fully saturated rings. The predicted octanol–water partition coefficient (Wildman–Crippen LogP) is 3.49. The smallest absolute Gasteiger partial charge is 0.335 e. The van der Waals surface area contributed by atoms with E-state index in [0.717, 1.165) is 38.5 Å². The second kappa shape index (κ2) is 6.92. The zero-order valence-electron chi connectivity index (χ0n) is 12.9. The van der Waals surface area contributed by atoms with Gasteiger partial charge in [-0.05, 0) is 19.1 Å². The van der Waals surface area contributed by atoms with E-state index in [0.29, 0.717) is 11.4 Å². The summed E-state index contributed by atoms with van der Waals surface area (Å²) < 4.78 is 0.211. The number of carboxylic acid groups (broad SMARTS) is 1. The number of carbonyl (C=O) groups excluding carboxylic acids is 1. The number of anilines is 1. The molecule has 6 nitrogen and oxygen atoms in total. The van der Waals surface area contributed by atoms with E-state index in [2.05, 4.69) is 4.85 Å². The maximum atomic E-state index is 12.8. The van der Waals surface area contributed by atoms with Crippen LogP contribution in [0.3, 0.4) is 0 Å². The van der Waals surface area contributed by atoms with Crippen LogP contribution in [-0.2, 0) is 9.59 Å². The van der Waals surface area contributed by atoms with E-state index in [1.165, 1.54) is 11.8 Å². The summed E-state index contributed by atoms with van der Waals surface area (Å²) in [5.74, 6) is -1.80. The number of amides is 1. The number of fused-ring (bicyclic) bond motifs is 1. The highest BCUT2D eigenvalue weighted by atomic mass is 32.2. The van der Waals surface area contributed by atoms with E-state index < -0.39 is 17.6 Å².